The van der Waals surface area contributed by atoms with Gasteiger partial charge in [-0.05, 0) is 31.2 Å². The molecule has 0 saturated heterocycles. The van der Waals surface area contributed by atoms with E-state index in [4.69, 9.17) is 4.74 Å². The normalized spacial score (nSPS) is 10.6. The van der Waals surface area contributed by atoms with E-state index in [1.54, 1.807) is 10.9 Å². The second-order valence-electron chi connectivity index (χ2n) is 4.43. The molecule has 2 rings (SSSR count). The Morgan fingerprint density at radius 2 is 2.16 bits per heavy atom. The van der Waals surface area contributed by atoms with E-state index >= 15 is 0 Å². The first-order chi connectivity index (χ1) is 9.28. The summed E-state index contributed by atoms with van der Waals surface area (Å²) in [7, 11) is 1.89. The van der Waals surface area contributed by atoms with Crippen molar-refractivity contribution in [3.63, 3.8) is 0 Å². The minimum atomic E-state index is 0.468. The number of pyridine rings is 1. The van der Waals surface area contributed by atoms with Crippen LogP contribution < -0.4 is 10.1 Å². The van der Waals surface area contributed by atoms with Crippen LogP contribution in [0.15, 0.2) is 30.6 Å². The molecule has 0 aromatic carbocycles. The van der Waals surface area contributed by atoms with Crippen molar-refractivity contribution < 1.29 is 4.74 Å². The zero-order valence-electron chi connectivity index (χ0n) is 11.5. The van der Waals surface area contributed by atoms with Crippen molar-refractivity contribution in [3.05, 3.63) is 42.0 Å². The van der Waals surface area contributed by atoms with Crippen molar-refractivity contribution in [3.8, 4) is 5.75 Å². The van der Waals surface area contributed by atoms with Gasteiger partial charge < -0.3 is 10.1 Å². The fraction of sp³-hybridized carbons (Fsp3) is 0.429. The van der Waals surface area contributed by atoms with Gasteiger partial charge in [-0.3, -0.25) is 9.67 Å². The Morgan fingerprint density at radius 1 is 1.26 bits per heavy atom. The van der Waals surface area contributed by atoms with E-state index in [-0.39, 0.29) is 0 Å². The van der Waals surface area contributed by atoms with Crippen molar-refractivity contribution in [1.82, 2.24) is 20.1 Å². The Hall–Kier alpha value is -1.88. The Morgan fingerprint density at radius 3 is 2.79 bits per heavy atom. The van der Waals surface area contributed by atoms with Crippen LogP contribution in [-0.4, -0.2) is 21.3 Å². The van der Waals surface area contributed by atoms with Crippen molar-refractivity contribution in [1.29, 1.82) is 0 Å². The van der Waals surface area contributed by atoms with Gasteiger partial charge in [0, 0.05) is 19.8 Å². The molecule has 0 spiro atoms. The fourth-order valence-electron chi connectivity index (χ4n) is 1.69. The van der Waals surface area contributed by atoms with Crippen molar-refractivity contribution in [2.75, 3.05) is 6.54 Å². The van der Waals surface area contributed by atoms with Crippen LogP contribution in [0.1, 0.15) is 24.7 Å². The number of nitrogens with zero attached hydrogens (tertiary/aromatic N) is 3. The second-order valence-corrected chi connectivity index (χ2v) is 4.43. The Kier molecular flexibility index (Phi) is 4.92. The van der Waals surface area contributed by atoms with Crippen molar-refractivity contribution >= 4 is 0 Å². The maximum atomic E-state index is 5.63. The van der Waals surface area contributed by atoms with Gasteiger partial charge in [0.15, 0.2) is 0 Å². The highest BCUT2D eigenvalue weighted by molar-refractivity contribution is 5.20. The van der Waals surface area contributed by atoms with Gasteiger partial charge in [0.25, 0.3) is 0 Å². The number of aromatic nitrogens is 3. The Bertz CT molecular complexity index is 492. The van der Waals surface area contributed by atoms with Crippen LogP contribution in [0.5, 0.6) is 5.75 Å². The molecule has 0 bridgehead atoms. The molecule has 0 radical (unpaired) electrons. The van der Waals surface area contributed by atoms with Crippen LogP contribution in [0.25, 0.3) is 0 Å². The average molecular weight is 260 g/mol. The smallest absolute Gasteiger partial charge is 0.138 e. The predicted molar refractivity (Wildman–Crippen MR) is 73.8 cm³/mol. The third-order valence-electron chi connectivity index (χ3n) is 2.69. The molecule has 0 unspecified atom stereocenters. The van der Waals surface area contributed by atoms with E-state index in [0.717, 1.165) is 36.6 Å². The maximum absolute atomic E-state index is 5.63. The summed E-state index contributed by atoms with van der Waals surface area (Å²) < 4.78 is 7.39. The molecule has 0 aliphatic carbocycles. The van der Waals surface area contributed by atoms with Crippen LogP contribution in [0.4, 0.5) is 0 Å². The maximum Gasteiger partial charge on any atom is 0.138 e. The van der Waals surface area contributed by atoms with Gasteiger partial charge in [0.2, 0.25) is 0 Å². The van der Waals surface area contributed by atoms with Crippen LogP contribution in [0.2, 0.25) is 0 Å². The number of hydrogen-bond acceptors (Lipinski definition) is 4. The van der Waals surface area contributed by atoms with E-state index in [0.29, 0.717) is 6.61 Å². The first kappa shape index (κ1) is 13.5. The summed E-state index contributed by atoms with van der Waals surface area (Å²) in [6.45, 7) is 4.43. The van der Waals surface area contributed by atoms with Gasteiger partial charge >= 0.3 is 0 Å². The van der Waals surface area contributed by atoms with Gasteiger partial charge in [-0.1, -0.05) is 6.92 Å². The molecule has 19 heavy (non-hydrogen) atoms. The summed E-state index contributed by atoms with van der Waals surface area (Å²) in [5, 5.41) is 7.57. The average Bonchev–Trinajstić information content (AvgIpc) is 2.84. The molecule has 0 atom stereocenters. The van der Waals surface area contributed by atoms with Gasteiger partial charge in [0.1, 0.15) is 12.4 Å². The van der Waals surface area contributed by atoms with E-state index in [1.807, 2.05) is 31.4 Å². The summed E-state index contributed by atoms with van der Waals surface area (Å²) >= 11 is 0. The van der Waals surface area contributed by atoms with Crippen LogP contribution in [-0.2, 0) is 20.2 Å². The SMILES string of the molecule is CCCNCc1ccc(OCc2ccn(C)n2)cn1. The summed E-state index contributed by atoms with van der Waals surface area (Å²) in [4.78, 5) is 4.35. The largest absolute Gasteiger partial charge is 0.486 e. The zero-order valence-corrected chi connectivity index (χ0v) is 11.5. The zero-order chi connectivity index (χ0) is 13.5. The highest BCUT2D eigenvalue weighted by Crippen LogP contribution is 2.11. The summed E-state index contributed by atoms with van der Waals surface area (Å²) in [5.41, 5.74) is 1.94. The lowest BCUT2D eigenvalue weighted by Gasteiger charge is -2.06. The molecule has 0 aliphatic heterocycles. The number of aryl methyl sites for hydroxylation is 1. The predicted octanol–water partition coefficient (Wildman–Crippen LogP) is 1.89. The Labute approximate surface area is 113 Å². The summed E-state index contributed by atoms with van der Waals surface area (Å²) in [5.74, 6) is 0.768. The minimum absolute atomic E-state index is 0.468. The van der Waals surface area contributed by atoms with E-state index in [1.165, 1.54) is 0 Å². The molecule has 5 nitrogen and oxygen atoms in total. The third kappa shape index (κ3) is 4.37. The van der Waals surface area contributed by atoms with E-state index < -0.39 is 0 Å². The minimum Gasteiger partial charge on any atom is -0.486 e. The standard InChI is InChI=1S/C14H20N4O/c1-3-7-15-9-12-4-5-14(10-16-12)19-11-13-6-8-18(2)17-13/h4-6,8,10,15H,3,7,9,11H2,1-2H3. The fourth-order valence-corrected chi connectivity index (χ4v) is 1.69. The van der Waals surface area contributed by atoms with Gasteiger partial charge in [-0.2, -0.15) is 5.10 Å². The molecule has 0 saturated carbocycles. The molecule has 2 aromatic heterocycles. The first-order valence-corrected chi connectivity index (χ1v) is 6.55. The van der Waals surface area contributed by atoms with Gasteiger partial charge in [-0.15, -0.1) is 0 Å². The Balaban J connectivity index is 1.81. The van der Waals surface area contributed by atoms with Crippen molar-refractivity contribution in [2.45, 2.75) is 26.5 Å². The quantitative estimate of drug-likeness (QED) is 0.772. The van der Waals surface area contributed by atoms with Crippen LogP contribution >= 0.6 is 0 Å². The molecule has 102 valence electrons. The molecule has 0 amide bonds. The monoisotopic (exact) mass is 260 g/mol. The second kappa shape index (κ2) is 6.89. The van der Waals surface area contributed by atoms with Gasteiger partial charge in [0.05, 0.1) is 17.6 Å². The lowest BCUT2D eigenvalue weighted by atomic mass is 10.3. The lowest BCUT2D eigenvalue weighted by molar-refractivity contribution is 0.298. The highest BCUT2D eigenvalue weighted by atomic mass is 16.5. The van der Waals surface area contributed by atoms with Crippen LogP contribution in [0.3, 0.4) is 0 Å². The van der Waals surface area contributed by atoms with Crippen LogP contribution in [0, 0.1) is 0 Å². The summed E-state index contributed by atoms with van der Waals surface area (Å²) in [6.07, 6.45) is 4.79. The third-order valence-corrected chi connectivity index (χ3v) is 2.69. The molecule has 5 heteroatoms. The molecule has 1 N–H and O–H groups in total. The first-order valence-electron chi connectivity index (χ1n) is 6.55. The number of hydrogen-bond donors (Lipinski definition) is 1. The molecule has 0 fully saturated rings. The molecule has 2 heterocycles. The number of nitrogens with one attached hydrogen (secondary N) is 1. The summed E-state index contributed by atoms with van der Waals surface area (Å²) in [6, 6.07) is 5.87. The van der Waals surface area contributed by atoms with Gasteiger partial charge in [-0.25, -0.2) is 0 Å². The van der Waals surface area contributed by atoms with Crippen molar-refractivity contribution in [2.24, 2.45) is 7.05 Å². The highest BCUT2D eigenvalue weighted by Gasteiger charge is 2.00. The number of rotatable bonds is 7. The molecular weight excluding hydrogens is 240 g/mol. The lowest BCUT2D eigenvalue weighted by Crippen LogP contribution is -2.14. The van der Waals surface area contributed by atoms with E-state index in [9.17, 15) is 0 Å². The number of ether oxygens (including phenoxy) is 1. The molecule has 2 aromatic rings. The van der Waals surface area contributed by atoms with E-state index in [2.05, 4.69) is 22.3 Å². The molecule has 0 aliphatic rings. The molecular formula is C14H20N4O. The topological polar surface area (TPSA) is 52.0 Å².